The molecule has 13 heavy (non-hydrogen) atoms. The lowest BCUT2D eigenvalue weighted by Gasteiger charge is -2.10. The molecule has 0 amide bonds. The number of halogens is 1. The normalized spacial score (nSPS) is 15.0. The summed E-state index contributed by atoms with van der Waals surface area (Å²) in [6.07, 6.45) is 5.64. The summed E-state index contributed by atoms with van der Waals surface area (Å²) in [6.45, 7) is 0.637. The maximum absolute atomic E-state index is 5.79. The van der Waals surface area contributed by atoms with Gasteiger partial charge in [-0.3, -0.25) is 0 Å². The molecule has 2 heteroatoms. The summed E-state index contributed by atoms with van der Waals surface area (Å²) in [6, 6.07) is 7.76. The molecule has 0 aliphatic carbocycles. The first-order valence-electron chi connectivity index (χ1n) is 4.09. The van der Waals surface area contributed by atoms with Crippen LogP contribution in [0.5, 0.6) is 0 Å². The third-order valence-corrected chi connectivity index (χ3v) is 2.18. The van der Waals surface area contributed by atoms with Gasteiger partial charge in [0.05, 0.1) is 6.26 Å². The predicted molar refractivity (Wildman–Crippen MR) is 54.5 cm³/mol. The van der Waals surface area contributed by atoms with E-state index in [1.807, 2.05) is 36.4 Å². The van der Waals surface area contributed by atoms with Crippen LogP contribution in [0.3, 0.4) is 0 Å². The summed E-state index contributed by atoms with van der Waals surface area (Å²) in [5.74, 6) is 0. The molecular formula is C11H9ClO. The Balaban J connectivity index is 2.30. The molecule has 0 saturated carbocycles. The van der Waals surface area contributed by atoms with Crippen LogP contribution in [-0.4, -0.2) is 6.61 Å². The van der Waals surface area contributed by atoms with Crippen molar-refractivity contribution in [3.05, 3.63) is 53.3 Å². The number of allylic oxidation sites excluding steroid dienone is 2. The van der Waals surface area contributed by atoms with Gasteiger partial charge in [0.15, 0.2) is 0 Å². The standard InChI is InChI=1S/C11H9ClO/c12-11-5-3-9(4-6-11)10-2-1-7-13-8-10/h1-7H,8H2. The first-order chi connectivity index (χ1) is 6.36. The van der Waals surface area contributed by atoms with Crippen LogP contribution < -0.4 is 0 Å². The van der Waals surface area contributed by atoms with Gasteiger partial charge in [-0.1, -0.05) is 29.8 Å². The van der Waals surface area contributed by atoms with E-state index in [9.17, 15) is 0 Å². The molecule has 0 aromatic heterocycles. The quantitative estimate of drug-likeness (QED) is 0.664. The zero-order valence-electron chi connectivity index (χ0n) is 7.03. The molecule has 1 heterocycles. The summed E-state index contributed by atoms with van der Waals surface area (Å²) in [7, 11) is 0. The molecule has 0 unspecified atom stereocenters. The zero-order valence-corrected chi connectivity index (χ0v) is 7.79. The first-order valence-corrected chi connectivity index (χ1v) is 4.47. The van der Waals surface area contributed by atoms with Gasteiger partial charge in [0.1, 0.15) is 6.61 Å². The summed E-state index contributed by atoms with van der Waals surface area (Å²) in [5.41, 5.74) is 2.34. The van der Waals surface area contributed by atoms with Crippen molar-refractivity contribution in [3.63, 3.8) is 0 Å². The fraction of sp³-hybridized carbons (Fsp3) is 0.0909. The summed E-state index contributed by atoms with van der Waals surface area (Å²) in [5, 5.41) is 0.761. The molecule has 1 nitrogen and oxygen atoms in total. The van der Waals surface area contributed by atoms with Gasteiger partial charge in [0, 0.05) is 5.02 Å². The van der Waals surface area contributed by atoms with E-state index in [4.69, 9.17) is 16.3 Å². The van der Waals surface area contributed by atoms with Gasteiger partial charge >= 0.3 is 0 Å². The lowest BCUT2D eigenvalue weighted by molar-refractivity contribution is 0.293. The van der Waals surface area contributed by atoms with Crippen molar-refractivity contribution in [2.45, 2.75) is 0 Å². The molecule has 0 radical (unpaired) electrons. The Hall–Kier alpha value is -1.21. The third-order valence-electron chi connectivity index (χ3n) is 1.93. The number of hydrogen-bond donors (Lipinski definition) is 0. The topological polar surface area (TPSA) is 9.23 Å². The summed E-state index contributed by atoms with van der Waals surface area (Å²) >= 11 is 5.79. The number of rotatable bonds is 1. The Bertz CT molecular complexity index is 349. The van der Waals surface area contributed by atoms with Gasteiger partial charge in [0.25, 0.3) is 0 Å². The van der Waals surface area contributed by atoms with E-state index in [0.29, 0.717) is 6.61 Å². The highest BCUT2D eigenvalue weighted by Crippen LogP contribution is 2.19. The van der Waals surface area contributed by atoms with Gasteiger partial charge in [-0.25, -0.2) is 0 Å². The molecule has 1 aliphatic rings. The lowest BCUT2D eigenvalue weighted by atomic mass is 10.1. The van der Waals surface area contributed by atoms with E-state index < -0.39 is 0 Å². The van der Waals surface area contributed by atoms with Crippen molar-refractivity contribution in [3.8, 4) is 0 Å². The first kappa shape index (κ1) is 8.39. The molecule has 2 rings (SSSR count). The molecule has 0 saturated heterocycles. The Morgan fingerprint density at radius 1 is 1.15 bits per heavy atom. The van der Waals surface area contributed by atoms with Crippen LogP contribution in [0.15, 0.2) is 42.7 Å². The van der Waals surface area contributed by atoms with Crippen molar-refractivity contribution >= 4 is 17.2 Å². The minimum absolute atomic E-state index is 0.637. The van der Waals surface area contributed by atoms with Crippen molar-refractivity contribution in [2.75, 3.05) is 6.61 Å². The largest absolute Gasteiger partial charge is 0.496 e. The lowest BCUT2D eigenvalue weighted by Crippen LogP contribution is -1.96. The van der Waals surface area contributed by atoms with Gasteiger partial charge in [0.2, 0.25) is 0 Å². The van der Waals surface area contributed by atoms with Crippen LogP contribution in [0.2, 0.25) is 5.02 Å². The highest BCUT2D eigenvalue weighted by Gasteiger charge is 2.02. The summed E-state index contributed by atoms with van der Waals surface area (Å²) < 4.78 is 5.18. The average molecular weight is 193 g/mol. The fourth-order valence-electron chi connectivity index (χ4n) is 1.24. The number of hydrogen-bond acceptors (Lipinski definition) is 1. The van der Waals surface area contributed by atoms with Crippen molar-refractivity contribution < 1.29 is 4.74 Å². The monoisotopic (exact) mass is 192 g/mol. The van der Waals surface area contributed by atoms with Crippen LogP contribution in [0.4, 0.5) is 0 Å². The second-order valence-corrected chi connectivity index (χ2v) is 3.27. The van der Waals surface area contributed by atoms with Crippen LogP contribution in [0.1, 0.15) is 5.56 Å². The van der Waals surface area contributed by atoms with Crippen molar-refractivity contribution in [2.24, 2.45) is 0 Å². The smallest absolute Gasteiger partial charge is 0.113 e. The van der Waals surface area contributed by atoms with Gasteiger partial charge in [-0.05, 0) is 29.3 Å². The minimum Gasteiger partial charge on any atom is -0.496 e. The second kappa shape index (κ2) is 3.67. The van der Waals surface area contributed by atoms with Gasteiger partial charge in [-0.2, -0.15) is 0 Å². The molecule has 1 aromatic rings. The molecule has 1 aromatic carbocycles. The molecular weight excluding hydrogens is 184 g/mol. The van der Waals surface area contributed by atoms with Crippen molar-refractivity contribution in [1.82, 2.24) is 0 Å². The van der Waals surface area contributed by atoms with E-state index in [0.717, 1.165) is 10.6 Å². The zero-order chi connectivity index (χ0) is 9.10. The van der Waals surface area contributed by atoms with E-state index in [2.05, 4.69) is 0 Å². The van der Waals surface area contributed by atoms with E-state index in [1.54, 1.807) is 6.26 Å². The van der Waals surface area contributed by atoms with Crippen LogP contribution in [-0.2, 0) is 4.74 Å². The van der Waals surface area contributed by atoms with Gasteiger partial charge < -0.3 is 4.74 Å². The molecule has 0 N–H and O–H groups in total. The third kappa shape index (κ3) is 1.93. The Kier molecular flexibility index (Phi) is 2.37. The van der Waals surface area contributed by atoms with Crippen molar-refractivity contribution in [1.29, 1.82) is 0 Å². The maximum Gasteiger partial charge on any atom is 0.113 e. The van der Waals surface area contributed by atoms with Crippen LogP contribution in [0.25, 0.3) is 5.57 Å². The molecule has 66 valence electrons. The van der Waals surface area contributed by atoms with E-state index in [-0.39, 0.29) is 0 Å². The average Bonchev–Trinajstić information content (AvgIpc) is 2.20. The second-order valence-electron chi connectivity index (χ2n) is 2.84. The molecule has 0 bridgehead atoms. The minimum atomic E-state index is 0.637. The Labute approximate surface area is 82.3 Å². The summed E-state index contributed by atoms with van der Waals surface area (Å²) in [4.78, 5) is 0. The predicted octanol–water partition coefficient (Wildman–Crippen LogP) is 3.27. The molecule has 0 atom stereocenters. The highest BCUT2D eigenvalue weighted by atomic mass is 35.5. The van der Waals surface area contributed by atoms with E-state index in [1.165, 1.54) is 5.57 Å². The highest BCUT2D eigenvalue weighted by molar-refractivity contribution is 6.30. The van der Waals surface area contributed by atoms with Crippen LogP contribution >= 0.6 is 11.6 Å². The Morgan fingerprint density at radius 3 is 2.54 bits per heavy atom. The molecule has 0 spiro atoms. The SMILES string of the molecule is Clc1ccc(C2=CC=COC2)cc1. The fourth-order valence-corrected chi connectivity index (χ4v) is 1.37. The Morgan fingerprint density at radius 2 is 1.92 bits per heavy atom. The van der Waals surface area contributed by atoms with Crippen LogP contribution in [0, 0.1) is 0 Å². The number of ether oxygens (including phenoxy) is 1. The number of benzene rings is 1. The van der Waals surface area contributed by atoms with Gasteiger partial charge in [-0.15, -0.1) is 0 Å². The van der Waals surface area contributed by atoms with E-state index >= 15 is 0 Å². The maximum atomic E-state index is 5.79. The molecule has 0 fully saturated rings. The molecule has 1 aliphatic heterocycles.